The summed E-state index contributed by atoms with van der Waals surface area (Å²) in [6.45, 7) is 6.12. The molecule has 24 heavy (non-hydrogen) atoms. The second-order valence-electron chi connectivity index (χ2n) is 6.11. The van der Waals surface area contributed by atoms with Crippen molar-refractivity contribution in [3.05, 3.63) is 23.2 Å². The van der Waals surface area contributed by atoms with Crippen molar-refractivity contribution < 1.29 is 14.3 Å². The predicted octanol–water partition coefficient (Wildman–Crippen LogP) is 3.32. The number of fused-ring (bicyclic) bond motifs is 1. The molecular formula is C17H23ClN2O3S. The Kier molecular flexibility index (Phi) is 7.40. The second kappa shape index (κ2) is 9.30. The molecule has 1 aliphatic heterocycles. The standard InChI is InChI=1S/C17H23ClN2O3S/c1-11(2)10-23-7-3-6-19-16(21)9-15-17(22)20-13-8-12(18)4-5-14(13)24-15/h4-5,8,11,15H,3,6-7,9-10H2,1-2H3,(H,19,21)(H,20,22). The quantitative estimate of drug-likeness (QED) is 0.689. The van der Waals surface area contributed by atoms with Gasteiger partial charge in [-0.3, -0.25) is 9.59 Å². The lowest BCUT2D eigenvalue weighted by Gasteiger charge is -2.23. The van der Waals surface area contributed by atoms with Crippen LogP contribution in [0, 0.1) is 5.92 Å². The minimum atomic E-state index is -0.420. The number of halogens is 1. The van der Waals surface area contributed by atoms with Crippen LogP contribution in [0.1, 0.15) is 26.7 Å². The molecule has 5 nitrogen and oxygen atoms in total. The number of ether oxygens (including phenoxy) is 1. The summed E-state index contributed by atoms with van der Waals surface area (Å²) in [4.78, 5) is 25.0. The third-order valence-corrected chi connectivity index (χ3v) is 4.88. The Morgan fingerprint density at radius 1 is 1.46 bits per heavy atom. The first-order valence-corrected chi connectivity index (χ1v) is 9.33. The van der Waals surface area contributed by atoms with Crippen LogP contribution in [0.5, 0.6) is 0 Å². The average Bonchev–Trinajstić information content (AvgIpc) is 2.51. The van der Waals surface area contributed by atoms with E-state index in [1.54, 1.807) is 12.1 Å². The normalized spacial score (nSPS) is 16.7. The molecule has 2 rings (SSSR count). The van der Waals surface area contributed by atoms with Gasteiger partial charge >= 0.3 is 0 Å². The van der Waals surface area contributed by atoms with Gasteiger partial charge in [-0.25, -0.2) is 0 Å². The van der Waals surface area contributed by atoms with Gasteiger partial charge in [-0.05, 0) is 30.5 Å². The van der Waals surface area contributed by atoms with E-state index in [2.05, 4.69) is 24.5 Å². The van der Waals surface area contributed by atoms with E-state index in [0.29, 0.717) is 29.8 Å². The average molecular weight is 371 g/mol. The molecule has 0 aromatic heterocycles. The van der Waals surface area contributed by atoms with Crippen molar-refractivity contribution in [3.8, 4) is 0 Å². The van der Waals surface area contributed by atoms with Crippen LogP contribution in [0.3, 0.4) is 0 Å². The van der Waals surface area contributed by atoms with Crippen molar-refractivity contribution in [2.24, 2.45) is 5.92 Å². The first-order chi connectivity index (χ1) is 11.5. The van der Waals surface area contributed by atoms with Gasteiger partial charge in [0, 0.05) is 36.1 Å². The first kappa shape index (κ1) is 19.1. The maximum absolute atomic E-state index is 12.1. The third kappa shape index (κ3) is 6.00. The second-order valence-corrected chi connectivity index (χ2v) is 7.79. The number of anilines is 1. The topological polar surface area (TPSA) is 67.4 Å². The summed E-state index contributed by atoms with van der Waals surface area (Å²) in [6.07, 6.45) is 0.926. The van der Waals surface area contributed by atoms with Crippen LogP contribution in [-0.4, -0.2) is 36.8 Å². The number of benzene rings is 1. The lowest BCUT2D eigenvalue weighted by molar-refractivity contribution is -0.124. The molecule has 0 saturated carbocycles. The zero-order valence-corrected chi connectivity index (χ0v) is 15.5. The zero-order valence-electron chi connectivity index (χ0n) is 13.9. The van der Waals surface area contributed by atoms with Gasteiger partial charge < -0.3 is 15.4 Å². The van der Waals surface area contributed by atoms with E-state index in [1.807, 2.05) is 6.07 Å². The van der Waals surface area contributed by atoms with Crippen LogP contribution in [0.15, 0.2) is 23.1 Å². The summed E-state index contributed by atoms with van der Waals surface area (Å²) in [5, 5.41) is 5.80. The molecule has 0 radical (unpaired) electrons. The summed E-state index contributed by atoms with van der Waals surface area (Å²) in [5.41, 5.74) is 0.705. The maximum Gasteiger partial charge on any atom is 0.238 e. The van der Waals surface area contributed by atoms with Crippen molar-refractivity contribution in [1.82, 2.24) is 5.32 Å². The van der Waals surface area contributed by atoms with Gasteiger partial charge in [0.05, 0.1) is 10.9 Å². The van der Waals surface area contributed by atoms with E-state index < -0.39 is 5.25 Å². The highest BCUT2D eigenvalue weighted by atomic mass is 35.5. The number of carbonyl (C=O) groups excluding carboxylic acids is 2. The Morgan fingerprint density at radius 2 is 2.25 bits per heavy atom. The summed E-state index contributed by atoms with van der Waals surface area (Å²) >= 11 is 7.32. The van der Waals surface area contributed by atoms with E-state index in [0.717, 1.165) is 17.9 Å². The molecule has 132 valence electrons. The van der Waals surface area contributed by atoms with Crippen molar-refractivity contribution in [1.29, 1.82) is 0 Å². The van der Waals surface area contributed by atoms with Crippen LogP contribution in [0.4, 0.5) is 5.69 Å². The van der Waals surface area contributed by atoms with Crippen LogP contribution >= 0.6 is 23.4 Å². The molecule has 0 spiro atoms. The molecule has 1 aromatic carbocycles. The van der Waals surface area contributed by atoms with Gasteiger partial charge in [-0.15, -0.1) is 11.8 Å². The molecule has 1 atom stereocenters. The van der Waals surface area contributed by atoms with Gasteiger partial charge in [-0.1, -0.05) is 25.4 Å². The molecule has 7 heteroatoms. The Labute approximate surface area is 151 Å². The molecule has 0 fully saturated rings. The number of thioether (sulfide) groups is 1. The number of rotatable bonds is 8. The summed E-state index contributed by atoms with van der Waals surface area (Å²) in [6, 6.07) is 5.35. The van der Waals surface area contributed by atoms with Crippen LogP contribution in [-0.2, 0) is 14.3 Å². The predicted molar refractivity (Wildman–Crippen MR) is 97.6 cm³/mol. The Balaban J connectivity index is 1.72. The first-order valence-electron chi connectivity index (χ1n) is 8.07. The number of amides is 2. The van der Waals surface area contributed by atoms with Crippen molar-refractivity contribution in [3.63, 3.8) is 0 Å². The number of carbonyl (C=O) groups is 2. The molecule has 0 saturated heterocycles. The van der Waals surface area contributed by atoms with Crippen molar-refractivity contribution >= 4 is 40.9 Å². The summed E-state index contributed by atoms with van der Waals surface area (Å²) < 4.78 is 5.46. The lowest BCUT2D eigenvalue weighted by atomic mass is 10.2. The van der Waals surface area contributed by atoms with Crippen LogP contribution in [0.25, 0.3) is 0 Å². The van der Waals surface area contributed by atoms with E-state index in [4.69, 9.17) is 16.3 Å². The number of hydrogen-bond acceptors (Lipinski definition) is 4. The lowest BCUT2D eigenvalue weighted by Crippen LogP contribution is -2.35. The fourth-order valence-electron chi connectivity index (χ4n) is 2.22. The largest absolute Gasteiger partial charge is 0.381 e. The molecule has 1 unspecified atom stereocenters. The molecule has 2 amide bonds. The number of hydrogen-bond donors (Lipinski definition) is 2. The summed E-state index contributed by atoms with van der Waals surface area (Å²) in [5.74, 6) is 0.230. The Hall–Kier alpha value is -1.24. The highest BCUT2D eigenvalue weighted by Crippen LogP contribution is 2.38. The van der Waals surface area contributed by atoms with E-state index >= 15 is 0 Å². The van der Waals surface area contributed by atoms with Gasteiger partial charge in [0.2, 0.25) is 11.8 Å². The number of nitrogens with one attached hydrogen (secondary N) is 2. The monoisotopic (exact) mass is 370 g/mol. The summed E-state index contributed by atoms with van der Waals surface area (Å²) in [7, 11) is 0. The molecular weight excluding hydrogens is 348 g/mol. The highest BCUT2D eigenvalue weighted by molar-refractivity contribution is 8.01. The molecule has 1 heterocycles. The van der Waals surface area contributed by atoms with Crippen molar-refractivity contribution in [2.45, 2.75) is 36.8 Å². The molecule has 1 aromatic rings. The molecule has 0 bridgehead atoms. The zero-order chi connectivity index (χ0) is 17.5. The van der Waals surface area contributed by atoms with Gasteiger partial charge in [0.25, 0.3) is 0 Å². The Morgan fingerprint density at radius 3 is 3.00 bits per heavy atom. The third-order valence-electron chi connectivity index (χ3n) is 3.37. The van der Waals surface area contributed by atoms with Gasteiger partial charge in [0.15, 0.2) is 0 Å². The Bertz CT molecular complexity index is 595. The minimum Gasteiger partial charge on any atom is -0.381 e. The molecule has 0 aliphatic carbocycles. The smallest absolute Gasteiger partial charge is 0.238 e. The minimum absolute atomic E-state index is 0.121. The maximum atomic E-state index is 12.1. The van der Waals surface area contributed by atoms with E-state index in [9.17, 15) is 9.59 Å². The fourth-order valence-corrected chi connectivity index (χ4v) is 3.48. The van der Waals surface area contributed by atoms with E-state index in [-0.39, 0.29) is 18.2 Å². The SMILES string of the molecule is CC(C)COCCCNC(=O)CC1Sc2ccc(Cl)cc2NC1=O. The molecule has 2 N–H and O–H groups in total. The van der Waals surface area contributed by atoms with Crippen molar-refractivity contribution in [2.75, 3.05) is 25.1 Å². The van der Waals surface area contributed by atoms with Gasteiger partial charge in [-0.2, -0.15) is 0 Å². The van der Waals surface area contributed by atoms with Crippen LogP contribution < -0.4 is 10.6 Å². The van der Waals surface area contributed by atoms with E-state index in [1.165, 1.54) is 11.8 Å². The van der Waals surface area contributed by atoms with Gasteiger partial charge in [0.1, 0.15) is 0 Å². The fraction of sp³-hybridized carbons (Fsp3) is 0.529. The van der Waals surface area contributed by atoms with Crippen LogP contribution in [0.2, 0.25) is 5.02 Å². The molecule has 1 aliphatic rings. The highest BCUT2D eigenvalue weighted by Gasteiger charge is 2.28.